The topological polar surface area (TPSA) is 71.5 Å². The Morgan fingerprint density at radius 3 is 2.79 bits per heavy atom. The van der Waals surface area contributed by atoms with Gasteiger partial charge in [-0.05, 0) is 31.0 Å². The summed E-state index contributed by atoms with van der Waals surface area (Å²) in [5.41, 5.74) is 1.10. The maximum atomic E-state index is 12.6. The van der Waals surface area contributed by atoms with Crippen LogP contribution in [0.2, 0.25) is 5.02 Å². The van der Waals surface area contributed by atoms with E-state index in [9.17, 15) is 9.59 Å². The smallest absolute Gasteiger partial charge is 0.409 e. The molecule has 1 aromatic heterocycles. The number of ether oxygens (including phenoxy) is 1. The second-order valence-corrected chi connectivity index (χ2v) is 6.17. The average Bonchev–Trinajstić information content (AvgIpc) is 2.60. The maximum Gasteiger partial charge on any atom is 0.409 e. The standard InChI is InChI=1S/C17H18ClN3O3/c1-24-17(23)21-7-4-13(5-8-21)20-16(22)14-10-12(18)9-11-3-2-6-19-15(11)14/h2-3,6,9-10,13H,4-5,7-8H2,1H3,(H,20,22). The highest BCUT2D eigenvalue weighted by Gasteiger charge is 2.25. The van der Waals surface area contributed by atoms with E-state index in [1.165, 1.54) is 7.11 Å². The molecular formula is C17H18ClN3O3. The largest absolute Gasteiger partial charge is 0.453 e. The van der Waals surface area contributed by atoms with Crippen molar-refractivity contribution in [2.75, 3.05) is 20.2 Å². The molecule has 24 heavy (non-hydrogen) atoms. The van der Waals surface area contributed by atoms with Crippen molar-refractivity contribution in [1.82, 2.24) is 15.2 Å². The zero-order valence-corrected chi connectivity index (χ0v) is 14.0. The van der Waals surface area contributed by atoms with E-state index < -0.39 is 0 Å². The number of hydrogen-bond donors (Lipinski definition) is 1. The molecule has 1 aliphatic rings. The lowest BCUT2D eigenvalue weighted by molar-refractivity contribution is 0.0893. The van der Waals surface area contributed by atoms with E-state index >= 15 is 0 Å². The van der Waals surface area contributed by atoms with Crippen LogP contribution in [0, 0.1) is 0 Å². The van der Waals surface area contributed by atoms with Gasteiger partial charge >= 0.3 is 6.09 Å². The zero-order valence-electron chi connectivity index (χ0n) is 13.3. The SMILES string of the molecule is COC(=O)N1CCC(NC(=O)c2cc(Cl)cc3cccnc23)CC1. The number of aromatic nitrogens is 1. The van der Waals surface area contributed by atoms with Crippen LogP contribution in [0.15, 0.2) is 30.5 Å². The fraction of sp³-hybridized carbons (Fsp3) is 0.353. The lowest BCUT2D eigenvalue weighted by Gasteiger charge is -2.31. The number of pyridine rings is 1. The molecule has 0 unspecified atom stereocenters. The fourth-order valence-electron chi connectivity index (χ4n) is 2.93. The Kier molecular flexibility index (Phi) is 4.85. The molecule has 2 amide bonds. The van der Waals surface area contributed by atoms with E-state index in [1.54, 1.807) is 23.2 Å². The Morgan fingerprint density at radius 2 is 2.08 bits per heavy atom. The first-order valence-corrected chi connectivity index (χ1v) is 8.14. The van der Waals surface area contributed by atoms with Crippen LogP contribution in [0.4, 0.5) is 4.79 Å². The van der Waals surface area contributed by atoms with E-state index in [0.717, 1.165) is 5.39 Å². The summed E-state index contributed by atoms with van der Waals surface area (Å²) in [6.45, 7) is 1.12. The van der Waals surface area contributed by atoms with Gasteiger partial charge in [0.25, 0.3) is 5.91 Å². The molecule has 0 aliphatic carbocycles. The van der Waals surface area contributed by atoms with Gasteiger partial charge in [0.1, 0.15) is 0 Å². The molecule has 1 N–H and O–H groups in total. The Hall–Kier alpha value is -2.34. The van der Waals surface area contributed by atoms with Crippen molar-refractivity contribution >= 4 is 34.5 Å². The Morgan fingerprint density at radius 1 is 1.33 bits per heavy atom. The number of fused-ring (bicyclic) bond motifs is 1. The van der Waals surface area contributed by atoms with Gasteiger partial charge in [0.15, 0.2) is 0 Å². The molecule has 0 spiro atoms. The van der Waals surface area contributed by atoms with Crippen molar-refractivity contribution < 1.29 is 14.3 Å². The number of piperidine rings is 1. The average molecular weight is 348 g/mol. The van der Waals surface area contributed by atoms with Gasteiger partial charge in [0.05, 0.1) is 18.2 Å². The quantitative estimate of drug-likeness (QED) is 0.906. The summed E-state index contributed by atoms with van der Waals surface area (Å²) in [7, 11) is 1.37. The van der Waals surface area contributed by atoms with Gasteiger partial charge in [-0.15, -0.1) is 0 Å². The van der Waals surface area contributed by atoms with Crippen LogP contribution in [0.1, 0.15) is 23.2 Å². The van der Waals surface area contributed by atoms with Gasteiger partial charge in [0, 0.05) is 35.7 Å². The van der Waals surface area contributed by atoms with E-state index in [-0.39, 0.29) is 18.0 Å². The first kappa shape index (κ1) is 16.5. The molecule has 3 rings (SSSR count). The number of likely N-dealkylation sites (tertiary alicyclic amines) is 1. The molecule has 2 aromatic rings. The number of halogens is 1. The molecule has 1 fully saturated rings. The van der Waals surface area contributed by atoms with Crippen molar-refractivity contribution in [3.8, 4) is 0 Å². The summed E-state index contributed by atoms with van der Waals surface area (Å²) in [6, 6.07) is 7.12. The van der Waals surface area contributed by atoms with Crippen molar-refractivity contribution in [2.24, 2.45) is 0 Å². The summed E-state index contributed by atoms with van der Waals surface area (Å²) in [5.74, 6) is -0.197. The second-order valence-electron chi connectivity index (χ2n) is 5.73. The van der Waals surface area contributed by atoms with Crippen molar-refractivity contribution in [3.05, 3.63) is 41.0 Å². The molecule has 0 saturated carbocycles. The first-order chi connectivity index (χ1) is 11.6. The normalized spacial score (nSPS) is 15.3. The van der Waals surface area contributed by atoms with Gasteiger partial charge in [-0.2, -0.15) is 0 Å². The Balaban J connectivity index is 1.71. The molecule has 1 aliphatic heterocycles. The predicted molar refractivity (Wildman–Crippen MR) is 91.2 cm³/mol. The molecule has 0 atom stereocenters. The summed E-state index contributed by atoms with van der Waals surface area (Å²) in [5, 5.41) is 4.35. The number of nitrogens with zero attached hydrogens (tertiary/aromatic N) is 2. The van der Waals surface area contributed by atoms with Gasteiger partial charge < -0.3 is 15.0 Å². The third-order valence-corrected chi connectivity index (χ3v) is 4.40. The number of nitrogens with one attached hydrogen (secondary N) is 1. The van der Waals surface area contributed by atoms with E-state index in [4.69, 9.17) is 16.3 Å². The van der Waals surface area contributed by atoms with Crippen molar-refractivity contribution in [1.29, 1.82) is 0 Å². The number of benzene rings is 1. The van der Waals surface area contributed by atoms with Crippen molar-refractivity contribution in [2.45, 2.75) is 18.9 Å². The van der Waals surface area contributed by atoms with Crippen LogP contribution in [0.5, 0.6) is 0 Å². The molecule has 1 saturated heterocycles. The molecule has 0 radical (unpaired) electrons. The lowest BCUT2D eigenvalue weighted by Crippen LogP contribution is -2.46. The van der Waals surface area contributed by atoms with Gasteiger partial charge in [-0.1, -0.05) is 17.7 Å². The number of hydrogen-bond acceptors (Lipinski definition) is 4. The Bertz CT molecular complexity index is 773. The predicted octanol–water partition coefficient (Wildman–Crippen LogP) is 2.85. The zero-order chi connectivity index (χ0) is 17.1. The number of carbonyl (C=O) groups excluding carboxylic acids is 2. The molecular weight excluding hydrogens is 330 g/mol. The summed E-state index contributed by atoms with van der Waals surface area (Å²) in [6.07, 6.45) is 2.70. The van der Waals surface area contributed by atoms with Crippen LogP contribution in [-0.2, 0) is 4.74 Å². The minimum absolute atomic E-state index is 0.0103. The molecule has 2 heterocycles. The van der Waals surface area contributed by atoms with Crippen LogP contribution in [0.25, 0.3) is 10.9 Å². The molecule has 0 bridgehead atoms. The highest BCUT2D eigenvalue weighted by Crippen LogP contribution is 2.23. The van der Waals surface area contributed by atoms with Crippen LogP contribution >= 0.6 is 11.6 Å². The molecule has 126 valence electrons. The molecule has 1 aromatic carbocycles. The monoisotopic (exact) mass is 347 g/mol. The van der Waals surface area contributed by atoms with E-state index in [0.29, 0.717) is 42.0 Å². The third-order valence-electron chi connectivity index (χ3n) is 4.18. The minimum atomic E-state index is -0.329. The van der Waals surface area contributed by atoms with Crippen molar-refractivity contribution in [3.63, 3.8) is 0 Å². The maximum absolute atomic E-state index is 12.6. The number of amides is 2. The number of methoxy groups -OCH3 is 1. The van der Waals surface area contributed by atoms with Crippen LogP contribution in [-0.4, -0.2) is 48.1 Å². The van der Waals surface area contributed by atoms with Gasteiger partial charge in [-0.3, -0.25) is 9.78 Å². The lowest BCUT2D eigenvalue weighted by atomic mass is 10.0. The second kappa shape index (κ2) is 7.05. The number of rotatable bonds is 2. The summed E-state index contributed by atoms with van der Waals surface area (Å²) >= 11 is 6.11. The van der Waals surface area contributed by atoms with E-state index in [1.807, 2.05) is 12.1 Å². The molecule has 7 heteroatoms. The fourth-order valence-corrected chi connectivity index (χ4v) is 3.15. The third kappa shape index (κ3) is 3.43. The Labute approximate surface area is 144 Å². The highest BCUT2D eigenvalue weighted by atomic mass is 35.5. The number of carbonyl (C=O) groups is 2. The van der Waals surface area contributed by atoms with Crippen LogP contribution < -0.4 is 5.32 Å². The van der Waals surface area contributed by atoms with E-state index in [2.05, 4.69) is 10.3 Å². The van der Waals surface area contributed by atoms with Gasteiger partial charge in [-0.25, -0.2) is 4.79 Å². The van der Waals surface area contributed by atoms with Crippen LogP contribution in [0.3, 0.4) is 0 Å². The minimum Gasteiger partial charge on any atom is -0.453 e. The van der Waals surface area contributed by atoms with Gasteiger partial charge in [0.2, 0.25) is 0 Å². The summed E-state index contributed by atoms with van der Waals surface area (Å²) < 4.78 is 4.71. The summed E-state index contributed by atoms with van der Waals surface area (Å²) in [4.78, 5) is 30.1. The molecule has 6 nitrogen and oxygen atoms in total. The first-order valence-electron chi connectivity index (χ1n) is 7.76. The highest BCUT2D eigenvalue weighted by molar-refractivity contribution is 6.32.